The third kappa shape index (κ3) is 5.64. The van der Waals surface area contributed by atoms with Gasteiger partial charge in [0.1, 0.15) is 5.75 Å². The van der Waals surface area contributed by atoms with Gasteiger partial charge in [0.2, 0.25) is 5.82 Å². The Kier molecular flexibility index (Phi) is 7.08. The third-order valence-electron chi connectivity index (χ3n) is 3.97. The minimum absolute atomic E-state index is 0.0800. The van der Waals surface area contributed by atoms with Crippen LogP contribution in [0.25, 0.3) is 0 Å². The molecule has 0 unspecified atom stereocenters. The molecule has 2 N–H and O–H groups in total. The van der Waals surface area contributed by atoms with Crippen LogP contribution in [0.3, 0.4) is 0 Å². The van der Waals surface area contributed by atoms with Crippen LogP contribution in [0.2, 0.25) is 0 Å². The van der Waals surface area contributed by atoms with Crippen molar-refractivity contribution >= 4 is 11.6 Å². The fraction of sp³-hybridized carbons (Fsp3) is 0.562. The van der Waals surface area contributed by atoms with Crippen molar-refractivity contribution in [3.05, 3.63) is 34.1 Å². The van der Waals surface area contributed by atoms with E-state index < -0.39 is 16.4 Å². The topological polar surface area (TPSA) is 108 Å². The maximum absolute atomic E-state index is 13.5. The van der Waals surface area contributed by atoms with Crippen molar-refractivity contribution < 1.29 is 23.6 Å². The molecule has 0 saturated carbocycles. The molecule has 8 nitrogen and oxygen atoms in total. The van der Waals surface area contributed by atoms with E-state index in [2.05, 4.69) is 0 Å². The number of benzene rings is 1. The van der Waals surface area contributed by atoms with Gasteiger partial charge in [-0.15, -0.1) is 0 Å². The van der Waals surface area contributed by atoms with Gasteiger partial charge in [0.05, 0.1) is 11.0 Å². The SMILES string of the molecule is NCCCOC1CCN(C(=O)COc2ccc([N+](=O)[O-])c(F)c2)CC1. The summed E-state index contributed by atoms with van der Waals surface area (Å²) in [5.74, 6) is -1.12. The van der Waals surface area contributed by atoms with Crippen LogP contribution in [0.1, 0.15) is 19.3 Å². The molecule has 1 aliphatic heterocycles. The van der Waals surface area contributed by atoms with Gasteiger partial charge in [0.15, 0.2) is 6.61 Å². The smallest absolute Gasteiger partial charge is 0.305 e. The number of halogens is 1. The van der Waals surface area contributed by atoms with Gasteiger partial charge in [-0.1, -0.05) is 0 Å². The van der Waals surface area contributed by atoms with Crippen molar-refractivity contribution in [1.82, 2.24) is 4.90 Å². The van der Waals surface area contributed by atoms with E-state index in [1.165, 1.54) is 6.07 Å². The molecule has 9 heteroatoms. The van der Waals surface area contributed by atoms with Crippen LogP contribution in [0, 0.1) is 15.9 Å². The van der Waals surface area contributed by atoms with E-state index in [1.807, 2.05) is 0 Å². The average Bonchev–Trinajstić information content (AvgIpc) is 2.60. The van der Waals surface area contributed by atoms with Gasteiger partial charge >= 0.3 is 5.69 Å². The third-order valence-corrected chi connectivity index (χ3v) is 3.97. The first-order valence-corrected chi connectivity index (χ1v) is 8.17. The number of rotatable bonds is 8. The number of nitrogens with two attached hydrogens (primary N) is 1. The second kappa shape index (κ2) is 9.28. The Labute approximate surface area is 144 Å². The first kappa shape index (κ1) is 19.1. The van der Waals surface area contributed by atoms with E-state index >= 15 is 0 Å². The number of carbonyl (C=O) groups excluding carboxylic acids is 1. The summed E-state index contributed by atoms with van der Waals surface area (Å²) >= 11 is 0. The summed E-state index contributed by atoms with van der Waals surface area (Å²) in [6.07, 6.45) is 2.46. The summed E-state index contributed by atoms with van der Waals surface area (Å²) in [4.78, 5) is 23.6. The number of piperidine rings is 1. The highest BCUT2D eigenvalue weighted by atomic mass is 19.1. The van der Waals surface area contributed by atoms with Crippen molar-refractivity contribution in [2.45, 2.75) is 25.4 Å². The van der Waals surface area contributed by atoms with Crippen LogP contribution >= 0.6 is 0 Å². The summed E-state index contributed by atoms with van der Waals surface area (Å²) in [6.45, 7) is 2.13. The van der Waals surface area contributed by atoms with Crippen LogP contribution in [0.15, 0.2) is 18.2 Å². The monoisotopic (exact) mass is 355 g/mol. The first-order chi connectivity index (χ1) is 12.0. The Bertz CT molecular complexity index is 605. The lowest BCUT2D eigenvalue weighted by molar-refractivity contribution is -0.387. The highest BCUT2D eigenvalue weighted by Gasteiger charge is 2.23. The molecule has 1 aromatic carbocycles. The van der Waals surface area contributed by atoms with Crippen LogP contribution in [-0.4, -0.2) is 54.7 Å². The number of likely N-dealkylation sites (tertiary alicyclic amines) is 1. The number of hydrogen-bond acceptors (Lipinski definition) is 6. The standard InChI is InChI=1S/C16H22FN3O5/c17-14-10-13(2-3-15(14)20(22)23)25-11-16(21)19-7-4-12(5-8-19)24-9-1-6-18/h2-3,10,12H,1,4-9,11,18H2. The van der Waals surface area contributed by atoms with E-state index in [1.54, 1.807) is 4.90 Å². The number of carbonyl (C=O) groups is 1. The predicted octanol–water partition coefficient (Wildman–Crippen LogP) is 1.47. The maximum Gasteiger partial charge on any atom is 0.305 e. The second-order valence-corrected chi connectivity index (χ2v) is 5.75. The summed E-state index contributed by atoms with van der Waals surface area (Å²) in [7, 11) is 0. The molecule has 0 radical (unpaired) electrons. The Balaban J connectivity index is 1.76. The van der Waals surface area contributed by atoms with Crippen molar-refractivity contribution in [2.75, 3.05) is 32.8 Å². The van der Waals surface area contributed by atoms with Crippen LogP contribution in [0.5, 0.6) is 5.75 Å². The molecular weight excluding hydrogens is 333 g/mol. The molecule has 0 bridgehead atoms. The van der Waals surface area contributed by atoms with E-state index in [4.69, 9.17) is 15.2 Å². The van der Waals surface area contributed by atoms with Gasteiger partial charge in [-0.2, -0.15) is 4.39 Å². The number of nitro benzene ring substituents is 1. The van der Waals surface area contributed by atoms with E-state index in [0.29, 0.717) is 26.2 Å². The highest BCUT2D eigenvalue weighted by molar-refractivity contribution is 5.77. The normalized spacial score (nSPS) is 15.2. The average molecular weight is 355 g/mol. The predicted molar refractivity (Wildman–Crippen MR) is 87.8 cm³/mol. The minimum Gasteiger partial charge on any atom is -0.484 e. The molecule has 138 valence electrons. The zero-order chi connectivity index (χ0) is 18.2. The fourth-order valence-electron chi connectivity index (χ4n) is 2.57. The van der Waals surface area contributed by atoms with Gasteiger partial charge in [0.25, 0.3) is 5.91 Å². The Hall–Kier alpha value is -2.26. The zero-order valence-corrected chi connectivity index (χ0v) is 13.9. The molecule has 1 amide bonds. The molecule has 1 aliphatic rings. The van der Waals surface area contributed by atoms with Crippen LogP contribution in [-0.2, 0) is 9.53 Å². The molecule has 0 atom stereocenters. The Morgan fingerprint density at radius 1 is 1.40 bits per heavy atom. The molecular formula is C16H22FN3O5. The van der Waals surface area contributed by atoms with E-state index in [0.717, 1.165) is 31.4 Å². The van der Waals surface area contributed by atoms with Crippen molar-refractivity contribution in [3.63, 3.8) is 0 Å². The van der Waals surface area contributed by atoms with Gasteiger partial charge in [-0.05, 0) is 31.9 Å². The van der Waals surface area contributed by atoms with Gasteiger partial charge in [-0.3, -0.25) is 14.9 Å². The molecule has 1 saturated heterocycles. The number of nitro groups is 1. The molecule has 1 fully saturated rings. The summed E-state index contributed by atoms with van der Waals surface area (Å²) in [5.41, 5.74) is 4.79. The molecule has 0 aliphatic carbocycles. The molecule has 0 aromatic heterocycles. The number of ether oxygens (including phenoxy) is 2. The van der Waals surface area contributed by atoms with E-state index in [-0.39, 0.29) is 24.4 Å². The summed E-state index contributed by atoms with van der Waals surface area (Å²) in [6, 6.07) is 3.19. The first-order valence-electron chi connectivity index (χ1n) is 8.17. The summed E-state index contributed by atoms with van der Waals surface area (Å²) in [5, 5.41) is 10.6. The quantitative estimate of drug-likeness (QED) is 0.430. The number of nitrogens with zero attached hydrogens (tertiary/aromatic N) is 2. The molecule has 0 spiro atoms. The lowest BCUT2D eigenvalue weighted by Crippen LogP contribution is -2.43. The highest BCUT2D eigenvalue weighted by Crippen LogP contribution is 2.22. The number of amides is 1. The minimum atomic E-state index is -0.995. The lowest BCUT2D eigenvalue weighted by atomic mass is 10.1. The number of hydrogen-bond donors (Lipinski definition) is 1. The van der Waals surface area contributed by atoms with Crippen molar-refractivity contribution in [3.8, 4) is 5.75 Å². The Morgan fingerprint density at radius 3 is 2.72 bits per heavy atom. The van der Waals surface area contributed by atoms with E-state index in [9.17, 15) is 19.3 Å². The van der Waals surface area contributed by atoms with Gasteiger partial charge in [0, 0.05) is 31.8 Å². The molecule has 1 heterocycles. The fourth-order valence-corrected chi connectivity index (χ4v) is 2.57. The Morgan fingerprint density at radius 2 is 2.12 bits per heavy atom. The molecule has 2 rings (SSSR count). The van der Waals surface area contributed by atoms with Crippen LogP contribution in [0.4, 0.5) is 10.1 Å². The lowest BCUT2D eigenvalue weighted by Gasteiger charge is -2.31. The van der Waals surface area contributed by atoms with Crippen molar-refractivity contribution in [2.24, 2.45) is 5.73 Å². The zero-order valence-electron chi connectivity index (χ0n) is 13.9. The van der Waals surface area contributed by atoms with Crippen molar-refractivity contribution in [1.29, 1.82) is 0 Å². The molecule has 25 heavy (non-hydrogen) atoms. The molecule has 1 aromatic rings. The van der Waals surface area contributed by atoms with Gasteiger partial charge < -0.3 is 20.1 Å². The summed E-state index contributed by atoms with van der Waals surface area (Å²) < 4.78 is 24.4. The van der Waals surface area contributed by atoms with Crippen LogP contribution < -0.4 is 10.5 Å². The second-order valence-electron chi connectivity index (χ2n) is 5.75. The maximum atomic E-state index is 13.5. The largest absolute Gasteiger partial charge is 0.484 e. The van der Waals surface area contributed by atoms with Gasteiger partial charge in [-0.25, -0.2) is 0 Å².